The molecule has 1 amide bonds. The van der Waals surface area contributed by atoms with E-state index >= 15 is 0 Å². The number of carbonyl (C=O) groups is 1. The number of benzene rings is 1. The topological polar surface area (TPSA) is 59.8 Å². The van der Waals surface area contributed by atoms with Crippen molar-refractivity contribution in [1.82, 2.24) is 14.8 Å². The summed E-state index contributed by atoms with van der Waals surface area (Å²) in [6, 6.07) is 5.60. The Bertz CT molecular complexity index is 804. The number of aryl methyl sites for hydroxylation is 1. The highest BCUT2D eigenvalue weighted by Crippen LogP contribution is 2.32. The van der Waals surface area contributed by atoms with Crippen molar-refractivity contribution in [2.75, 3.05) is 22.6 Å². The van der Waals surface area contributed by atoms with Gasteiger partial charge in [-0.15, -0.1) is 22.0 Å². The van der Waals surface area contributed by atoms with Crippen LogP contribution in [0, 0.1) is 0 Å². The third kappa shape index (κ3) is 3.89. The standard InChI is InChI=1S/C18H21ClN4OS2/c19-14-6-5-12(20-18(24)15-11-25-8-9-26-15)10-13(14)17-22-21-16-4-2-1-3-7-23(16)17/h5-6,10,15H,1-4,7-9,11H2,(H,20,24). The Morgan fingerprint density at radius 1 is 1.23 bits per heavy atom. The van der Waals surface area contributed by atoms with Gasteiger partial charge in [0.15, 0.2) is 5.82 Å². The number of amides is 1. The predicted molar refractivity (Wildman–Crippen MR) is 110 cm³/mol. The molecule has 1 aromatic heterocycles. The van der Waals surface area contributed by atoms with Gasteiger partial charge in [-0.05, 0) is 31.0 Å². The number of fused-ring (bicyclic) bond motifs is 1. The van der Waals surface area contributed by atoms with Gasteiger partial charge in [0.2, 0.25) is 5.91 Å². The number of hydrogen-bond donors (Lipinski definition) is 1. The number of carbonyl (C=O) groups excluding carboxylic acids is 1. The molecule has 4 rings (SSSR count). The van der Waals surface area contributed by atoms with Gasteiger partial charge < -0.3 is 9.88 Å². The molecule has 3 heterocycles. The number of hydrogen-bond acceptors (Lipinski definition) is 5. The summed E-state index contributed by atoms with van der Waals surface area (Å²) in [5.41, 5.74) is 1.59. The Balaban J connectivity index is 1.59. The van der Waals surface area contributed by atoms with Crippen molar-refractivity contribution in [2.45, 2.75) is 37.5 Å². The van der Waals surface area contributed by atoms with Crippen molar-refractivity contribution in [3.05, 3.63) is 29.0 Å². The Morgan fingerprint density at radius 3 is 3.00 bits per heavy atom. The number of nitrogens with zero attached hydrogens (tertiary/aromatic N) is 3. The third-order valence-corrected chi connectivity index (χ3v) is 7.78. The van der Waals surface area contributed by atoms with Gasteiger partial charge in [0.05, 0.1) is 10.3 Å². The van der Waals surface area contributed by atoms with Crippen LogP contribution in [0.25, 0.3) is 11.4 Å². The van der Waals surface area contributed by atoms with Gasteiger partial charge in [-0.1, -0.05) is 18.0 Å². The summed E-state index contributed by atoms with van der Waals surface area (Å²) < 4.78 is 2.17. The lowest BCUT2D eigenvalue weighted by Gasteiger charge is -2.20. The molecule has 1 atom stereocenters. The molecule has 2 aliphatic rings. The molecule has 0 saturated carbocycles. The third-order valence-electron chi connectivity index (χ3n) is 4.69. The zero-order valence-electron chi connectivity index (χ0n) is 14.4. The summed E-state index contributed by atoms with van der Waals surface area (Å²) in [6.07, 6.45) is 4.45. The van der Waals surface area contributed by atoms with Crippen molar-refractivity contribution in [1.29, 1.82) is 0 Å². The minimum Gasteiger partial charge on any atom is -0.325 e. The summed E-state index contributed by atoms with van der Waals surface area (Å²) in [7, 11) is 0. The predicted octanol–water partition coefficient (Wildman–Crippen LogP) is 4.11. The second kappa shape index (κ2) is 8.23. The SMILES string of the molecule is O=C(Nc1ccc(Cl)c(-c2nnc3n2CCCCC3)c1)C1CSCCS1. The van der Waals surface area contributed by atoms with E-state index in [0.717, 1.165) is 66.0 Å². The molecule has 1 fully saturated rings. The Hall–Kier alpha value is -1.18. The van der Waals surface area contributed by atoms with Crippen molar-refractivity contribution >= 4 is 46.7 Å². The highest BCUT2D eigenvalue weighted by atomic mass is 35.5. The van der Waals surface area contributed by atoms with Crippen LogP contribution in [0.4, 0.5) is 5.69 Å². The van der Waals surface area contributed by atoms with Gasteiger partial charge >= 0.3 is 0 Å². The maximum Gasteiger partial charge on any atom is 0.238 e. The molecule has 1 aromatic carbocycles. The maximum atomic E-state index is 12.5. The minimum atomic E-state index is 0.0113. The fourth-order valence-electron chi connectivity index (χ4n) is 3.32. The van der Waals surface area contributed by atoms with Gasteiger partial charge in [0, 0.05) is 41.5 Å². The first-order valence-corrected chi connectivity index (χ1v) is 11.5. The molecule has 0 radical (unpaired) electrons. The van der Waals surface area contributed by atoms with Gasteiger partial charge in [0.1, 0.15) is 5.82 Å². The molecule has 0 aliphatic carbocycles. The number of thioether (sulfide) groups is 2. The lowest BCUT2D eigenvalue weighted by molar-refractivity contribution is -0.115. The zero-order chi connectivity index (χ0) is 17.9. The summed E-state index contributed by atoms with van der Waals surface area (Å²) in [4.78, 5) is 12.5. The van der Waals surface area contributed by atoms with Crippen LogP contribution in [0.5, 0.6) is 0 Å². The molecule has 1 unspecified atom stereocenters. The molecule has 0 spiro atoms. The van der Waals surface area contributed by atoms with Gasteiger partial charge in [-0.25, -0.2) is 0 Å². The molecule has 5 nitrogen and oxygen atoms in total. The lowest BCUT2D eigenvalue weighted by atomic mass is 10.1. The van der Waals surface area contributed by atoms with Crippen molar-refractivity contribution in [2.24, 2.45) is 0 Å². The second-order valence-electron chi connectivity index (χ2n) is 6.52. The molecular weight excluding hydrogens is 388 g/mol. The van der Waals surface area contributed by atoms with Gasteiger partial charge in [0.25, 0.3) is 0 Å². The molecule has 26 heavy (non-hydrogen) atoms. The normalized spacial score (nSPS) is 20.3. The van der Waals surface area contributed by atoms with E-state index in [-0.39, 0.29) is 11.2 Å². The molecule has 2 aromatic rings. The molecule has 0 bridgehead atoms. The van der Waals surface area contributed by atoms with Crippen LogP contribution in [0.1, 0.15) is 25.1 Å². The minimum absolute atomic E-state index is 0.0113. The van der Waals surface area contributed by atoms with Gasteiger partial charge in [-0.2, -0.15) is 11.8 Å². The molecule has 8 heteroatoms. The summed E-state index contributed by atoms with van der Waals surface area (Å²) >= 11 is 10.0. The molecule has 138 valence electrons. The number of anilines is 1. The van der Waals surface area contributed by atoms with E-state index in [0.29, 0.717) is 5.02 Å². The fraction of sp³-hybridized carbons (Fsp3) is 0.500. The van der Waals surface area contributed by atoms with Crippen LogP contribution < -0.4 is 5.32 Å². The largest absolute Gasteiger partial charge is 0.325 e. The molecular formula is C18H21ClN4OS2. The maximum absolute atomic E-state index is 12.5. The first-order chi connectivity index (χ1) is 12.7. The molecule has 1 N–H and O–H groups in total. The fourth-order valence-corrected chi connectivity index (χ4v) is 6.08. The van der Waals surface area contributed by atoms with E-state index in [2.05, 4.69) is 20.1 Å². The molecule has 2 aliphatic heterocycles. The Labute approximate surface area is 166 Å². The number of halogens is 1. The van der Waals surface area contributed by atoms with E-state index < -0.39 is 0 Å². The first kappa shape index (κ1) is 18.2. The van der Waals surface area contributed by atoms with Crippen molar-refractivity contribution < 1.29 is 4.79 Å². The lowest BCUT2D eigenvalue weighted by Crippen LogP contribution is -2.30. The van der Waals surface area contributed by atoms with Crippen molar-refractivity contribution in [3.8, 4) is 11.4 Å². The zero-order valence-corrected chi connectivity index (χ0v) is 16.8. The second-order valence-corrected chi connectivity index (χ2v) is 9.39. The quantitative estimate of drug-likeness (QED) is 0.827. The van der Waals surface area contributed by atoms with E-state index in [1.54, 1.807) is 11.8 Å². The Morgan fingerprint density at radius 2 is 2.15 bits per heavy atom. The van der Waals surface area contributed by atoms with E-state index in [4.69, 9.17) is 11.6 Å². The van der Waals surface area contributed by atoms with Crippen LogP contribution in [-0.4, -0.2) is 43.2 Å². The summed E-state index contributed by atoms with van der Waals surface area (Å²) in [5.74, 6) is 4.91. The molecule has 1 saturated heterocycles. The van der Waals surface area contributed by atoms with Crippen LogP contribution >= 0.6 is 35.1 Å². The van der Waals surface area contributed by atoms with Gasteiger partial charge in [-0.3, -0.25) is 4.79 Å². The van der Waals surface area contributed by atoms with Crippen LogP contribution in [-0.2, 0) is 17.8 Å². The number of aromatic nitrogens is 3. The highest BCUT2D eigenvalue weighted by molar-refractivity contribution is 8.07. The van der Waals surface area contributed by atoms with Crippen LogP contribution in [0.15, 0.2) is 18.2 Å². The van der Waals surface area contributed by atoms with E-state index in [9.17, 15) is 4.79 Å². The van der Waals surface area contributed by atoms with E-state index in [1.807, 2.05) is 30.0 Å². The average molecular weight is 409 g/mol. The Kier molecular flexibility index (Phi) is 5.76. The smallest absolute Gasteiger partial charge is 0.238 e. The van der Waals surface area contributed by atoms with Crippen LogP contribution in [0.3, 0.4) is 0 Å². The monoisotopic (exact) mass is 408 g/mol. The number of nitrogens with one attached hydrogen (secondary N) is 1. The van der Waals surface area contributed by atoms with Crippen LogP contribution in [0.2, 0.25) is 5.02 Å². The first-order valence-electron chi connectivity index (χ1n) is 8.94. The average Bonchev–Trinajstić information content (AvgIpc) is 2.92. The highest BCUT2D eigenvalue weighted by Gasteiger charge is 2.23. The number of rotatable bonds is 3. The van der Waals surface area contributed by atoms with Crippen molar-refractivity contribution in [3.63, 3.8) is 0 Å². The summed E-state index contributed by atoms with van der Waals surface area (Å²) in [5, 5.41) is 12.4. The van der Waals surface area contributed by atoms with E-state index in [1.165, 1.54) is 6.42 Å². The summed E-state index contributed by atoms with van der Waals surface area (Å²) in [6.45, 7) is 0.917.